The van der Waals surface area contributed by atoms with Crippen molar-refractivity contribution < 1.29 is 22.0 Å². The Morgan fingerprint density at radius 1 is 1.00 bits per heavy atom. The van der Waals surface area contributed by atoms with Crippen molar-refractivity contribution in [3.8, 4) is 0 Å². The molecule has 0 aliphatic carbocycles. The van der Waals surface area contributed by atoms with Crippen LogP contribution in [0.2, 0.25) is 0 Å². The molecule has 0 aromatic carbocycles. The monoisotopic (exact) mass is 476 g/mol. The summed E-state index contributed by atoms with van der Waals surface area (Å²) in [6.45, 7) is 0. The molecule has 0 atom stereocenters. The van der Waals surface area contributed by atoms with E-state index in [-0.39, 0.29) is 96.4 Å². The summed E-state index contributed by atoms with van der Waals surface area (Å²) in [4.78, 5) is 29.3. The molecule has 0 aliphatic rings. The Hall–Kier alpha value is 3.08. The zero-order valence-corrected chi connectivity index (χ0v) is 14.6. The van der Waals surface area contributed by atoms with Gasteiger partial charge in [0.2, 0.25) is 0 Å². The minimum absolute atomic E-state index is 0. The van der Waals surface area contributed by atoms with Gasteiger partial charge >= 0.3 is 85.2 Å². The topological polar surface area (TPSA) is 80.9 Å². The fourth-order valence-electron chi connectivity index (χ4n) is 0. The molecule has 0 unspecified atom stereocenters. The van der Waals surface area contributed by atoms with E-state index < -0.39 is 9.05 Å². The first kappa shape index (κ1) is 22.5. The van der Waals surface area contributed by atoms with Gasteiger partial charge in [-0.05, 0) is 0 Å². The maximum atomic E-state index is 7.33. The second-order valence-corrected chi connectivity index (χ2v) is 1.80. The quantitative estimate of drug-likeness (QED) is 0.266. The minimum atomic E-state index is -4.61. The Kier molecular flexibility index (Phi) is 28.3. The van der Waals surface area contributed by atoms with E-state index in [1.807, 2.05) is 0 Å². The zero-order chi connectivity index (χ0) is 4.50. The van der Waals surface area contributed by atoms with Crippen LogP contribution in [0.1, 0.15) is 2.85 Å². The van der Waals surface area contributed by atoms with Gasteiger partial charge in [-0.1, -0.05) is 0 Å². The van der Waals surface area contributed by atoms with Crippen LogP contribution in [0, 0.1) is 0 Å². The number of rotatable bonds is 0. The molecule has 4 N–H and O–H groups in total. The molecule has 0 rings (SSSR count). The van der Waals surface area contributed by atoms with Crippen molar-refractivity contribution in [1.82, 2.24) is 0 Å². The van der Waals surface area contributed by atoms with Gasteiger partial charge in [-0.2, -0.15) is 0 Å². The first-order chi connectivity index (χ1) is 2.00. The van der Waals surface area contributed by atoms with E-state index in [0.717, 1.165) is 0 Å². The van der Waals surface area contributed by atoms with Gasteiger partial charge in [0.15, 0.2) is 17.4 Å². The molecule has 0 fully saturated rings. The molecule has 4 nitrogen and oxygen atoms in total. The van der Waals surface area contributed by atoms with Crippen LogP contribution in [-0.4, -0.2) is 122 Å². The molecule has 0 aromatic heterocycles. The summed E-state index contributed by atoms with van der Waals surface area (Å²) in [5, 5.41) is 0. The molecule has 0 aliphatic heterocycles. The van der Waals surface area contributed by atoms with E-state index in [4.69, 9.17) is 19.2 Å². The molecule has 0 heterocycles. The van der Waals surface area contributed by atoms with E-state index in [1.165, 1.54) is 0 Å². The summed E-state index contributed by atoms with van der Waals surface area (Å²) in [6, 6.07) is 0. The van der Waals surface area contributed by atoms with Gasteiger partial charge in [-0.15, -0.1) is 0 Å². The van der Waals surface area contributed by atoms with Gasteiger partial charge in [0.1, 0.15) is 0 Å². The van der Waals surface area contributed by atoms with Gasteiger partial charge in [-0.3, -0.25) is 0 Å². The molecule has 8 heavy (non-hydrogen) atoms. The van der Waals surface area contributed by atoms with Gasteiger partial charge in [0, 0.05) is 0 Å². The average molecular weight is 475 g/mol. The molecule has 0 saturated heterocycles. The Bertz CT molecular complexity index is 38.7. The van der Waals surface area contributed by atoms with Crippen LogP contribution in [0.25, 0.3) is 0 Å². The summed E-state index contributed by atoms with van der Waals surface area (Å²) < 4.78 is 0. The standard InChI is InChI=1S/Al.Ba.H4O4Si.Pb.7H/c;;1-5(2,3)4;;;;;;;;/h;;1-4H;;;;;;;;/q;+2;;;;;;;;2*-1. The van der Waals surface area contributed by atoms with Crippen molar-refractivity contribution in [2.24, 2.45) is 0 Å². The maximum absolute atomic E-state index is 7.33. The predicted octanol–water partition coefficient (Wildman–Crippen LogP) is -4.86. The Morgan fingerprint density at radius 3 is 1.00 bits per heavy atom. The van der Waals surface area contributed by atoms with Gasteiger partial charge in [0.25, 0.3) is 0 Å². The summed E-state index contributed by atoms with van der Waals surface area (Å²) in [6.07, 6.45) is 0. The molecule has 0 amide bonds. The van der Waals surface area contributed by atoms with E-state index in [2.05, 4.69) is 0 Å². The average Bonchev–Trinajstić information content (AvgIpc) is 0.722. The van der Waals surface area contributed by atoms with E-state index >= 15 is 0 Å². The van der Waals surface area contributed by atoms with Gasteiger partial charge in [-0.25, -0.2) is 0 Å². The molecular weight excluding hydrogens is 464 g/mol. The summed E-state index contributed by atoms with van der Waals surface area (Å²) in [5.74, 6) is 0. The van der Waals surface area contributed by atoms with Gasteiger partial charge in [0.05, 0.1) is 0 Å². The molecular formula is H11AlBaO4PbSi. The van der Waals surface area contributed by atoms with Crippen LogP contribution in [0.5, 0.6) is 0 Å². The zero-order valence-electron chi connectivity index (χ0n) is 5.70. The first-order valence-corrected chi connectivity index (χ1v) is 2.68. The second kappa shape index (κ2) is 10.1. The second-order valence-electron chi connectivity index (χ2n) is 0.600. The van der Waals surface area contributed by atoms with Crippen LogP contribution in [0.3, 0.4) is 0 Å². The Morgan fingerprint density at radius 2 is 1.00 bits per heavy atom. The summed E-state index contributed by atoms with van der Waals surface area (Å²) in [5.41, 5.74) is 0. The SMILES string of the molecule is O[Si](O)(O)O.[AlH3].[Ba+2].[H-].[H-].[PbH2]. The molecule has 0 spiro atoms. The van der Waals surface area contributed by atoms with Crippen LogP contribution in [-0.2, 0) is 0 Å². The summed E-state index contributed by atoms with van der Waals surface area (Å²) in [7, 11) is -4.61. The Balaban J connectivity index is -0.00000000800. The molecule has 48 valence electrons. The summed E-state index contributed by atoms with van der Waals surface area (Å²) >= 11 is 0. The van der Waals surface area contributed by atoms with E-state index in [9.17, 15) is 0 Å². The third kappa shape index (κ3) is 62.4. The fourth-order valence-corrected chi connectivity index (χ4v) is 0. The predicted molar refractivity (Wildman–Crippen MR) is 41.1 cm³/mol. The number of hydrogen-bond donors (Lipinski definition) is 4. The number of hydrogen-bond acceptors (Lipinski definition) is 4. The van der Waals surface area contributed by atoms with E-state index in [0.29, 0.717) is 0 Å². The van der Waals surface area contributed by atoms with Crippen LogP contribution < -0.4 is 0 Å². The molecule has 8 heteroatoms. The molecule has 0 saturated carbocycles. The molecule has 2 radical (unpaired) electrons. The third-order valence-electron chi connectivity index (χ3n) is 0. The van der Waals surface area contributed by atoms with Crippen molar-refractivity contribution in [1.29, 1.82) is 0 Å². The molecule has 0 bridgehead atoms. The van der Waals surface area contributed by atoms with Crippen LogP contribution in [0.4, 0.5) is 0 Å². The van der Waals surface area contributed by atoms with Crippen molar-refractivity contribution >= 4 is 103 Å². The van der Waals surface area contributed by atoms with Crippen molar-refractivity contribution in [3.63, 3.8) is 0 Å². The molecule has 0 aromatic rings. The normalized spacial score (nSPS) is 7.50. The van der Waals surface area contributed by atoms with Crippen LogP contribution in [0.15, 0.2) is 0 Å². The van der Waals surface area contributed by atoms with E-state index in [1.54, 1.807) is 0 Å². The first-order valence-electron chi connectivity index (χ1n) is 0.894. The third-order valence-corrected chi connectivity index (χ3v) is 0. The van der Waals surface area contributed by atoms with Crippen molar-refractivity contribution in [2.75, 3.05) is 0 Å². The van der Waals surface area contributed by atoms with Crippen molar-refractivity contribution in [2.45, 2.75) is 0 Å². The fraction of sp³-hybridized carbons (Fsp3) is 0. The van der Waals surface area contributed by atoms with Crippen LogP contribution >= 0.6 is 0 Å². The van der Waals surface area contributed by atoms with Crippen molar-refractivity contribution in [3.05, 3.63) is 0 Å². The van der Waals surface area contributed by atoms with Gasteiger partial charge < -0.3 is 22.0 Å². The Labute approximate surface area is 122 Å².